The van der Waals surface area contributed by atoms with E-state index in [0.29, 0.717) is 0 Å². The second-order valence-electron chi connectivity index (χ2n) is 3.34. The fourth-order valence-electron chi connectivity index (χ4n) is 1.22. The van der Waals surface area contributed by atoms with Crippen LogP contribution in [0, 0.1) is 0 Å². The molecule has 0 fully saturated rings. The van der Waals surface area contributed by atoms with E-state index < -0.39 is 0 Å². The van der Waals surface area contributed by atoms with Crippen LogP contribution >= 0.6 is 0 Å². The maximum Gasteiger partial charge on any atom is 0.252 e. The molecule has 0 saturated carbocycles. The monoisotopic (exact) mass is 180 g/mol. The van der Waals surface area contributed by atoms with E-state index in [2.05, 4.69) is 11.9 Å². The Morgan fingerprint density at radius 1 is 1.38 bits per heavy atom. The molecule has 0 amide bonds. The maximum absolute atomic E-state index is 11.5. The van der Waals surface area contributed by atoms with Crippen LogP contribution in [0.3, 0.4) is 0 Å². The van der Waals surface area contributed by atoms with Gasteiger partial charge in [0.1, 0.15) is 5.82 Å². The second-order valence-corrected chi connectivity index (χ2v) is 3.34. The van der Waals surface area contributed by atoms with E-state index in [1.807, 2.05) is 31.1 Å². The molecule has 72 valence electrons. The van der Waals surface area contributed by atoms with E-state index in [-0.39, 0.29) is 5.56 Å². The molecule has 0 aromatic carbocycles. The first-order chi connectivity index (χ1) is 6.15. The molecule has 0 radical (unpaired) electrons. The van der Waals surface area contributed by atoms with Gasteiger partial charge in [0.15, 0.2) is 0 Å². The van der Waals surface area contributed by atoms with E-state index in [0.717, 1.165) is 24.2 Å². The van der Waals surface area contributed by atoms with Crippen molar-refractivity contribution in [2.24, 2.45) is 0 Å². The molecule has 1 aromatic heterocycles. The van der Waals surface area contributed by atoms with Gasteiger partial charge in [0.25, 0.3) is 5.56 Å². The smallest absolute Gasteiger partial charge is 0.252 e. The Labute approximate surface area is 78.4 Å². The molecule has 13 heavy (non-hydrogen) atoms. The van der Waals surface area contributed by atoms with Crippen molar-refractivity contribution >= 4 is 5.82 Å². The van der Waals surface area contributed by atoms with Crippen molar-refractivity contribution in [3.8, 4) is 0 Å². The van der Waals surface area contributed by atoms with Crippen molar-refractivity contribution < 1.29 is 0 Å². The predicted molar refractivity (Wildman–Crippen MR) is 55.4 cm³/mol. The Morgan fingerprint density at radius 3 is 2.54 bits per heavy atom. The fraction of sp³-hybridized carbons (Fsp3) is 0.500. The highest BCUT2D eigenvalue weighted by Crippen LogP contribution is 2.04. The van der Waals surface area contributed by atoms with Crippen LogP contribution in [0.2, 0.25) is 0 Å². The van der Waals surface area contributed by atoms with E-state index in [1.165, 1.54) is 0 Å². The fourth-order valence-corrected chi connectivity index (χ4v) is 1.22. The number of rotatable bonds is 3. The molecule has 1 aromatic rings. The number of aromatic nitrogens is 1. The lowest BCUT2D eigenvalue weighted by atomic mass is 10.2. The molecule has 1 N–H and O–H groups in total. The lowest BCUT2D eigenvalue weighted by molar-refractivity contribution is 0.896. The van der Waals surface area contributed by atoms with E-state index in [9.17, 15) is 4.79 Å². The van der Waals surface area contributed by atoms with Gasteiger partial charge < -0.3 is 9.88 Å². The minimum Gasteiger partial charge on any atom is -0.364 e. The molecular formula is C10H16N2O. The third kappa shape index (κ3) is 2.34. The van der Waals surface area contributed by atoms with Gasteiger partial charge in [-0.25, -0.2) is 0 Å². The van der Waals surface area contributed by atoms with Gasteiger partial charge >= 0.3 is 0 Å². The van der Waals surface area contributed by atoms with Crippen LogP contribution in [0.25, 0.3) is 0 Å². The van der Waals surface area contributed by atoms with Crippen LogP contribution < -0.4 is 10.5 Å². The average Bonchev–Trinajstić information content (AvgIpc) is 2.08. The number of hydrogen-bond acceptors (Lipinski definition) is 2. The number of anilines is 1. The van der Waals surface area contributed by atoms with Crippen molar-refractivity contribution in [2.75, 3.05) is 19.0 Å². The molecule has 0 saturated heterocycles. The molecule has 1 heterocycles. The maximum atomic E-state index is 11.5. The number of H-pyrrole nitrogens is 1. The van der Waals surface area contributed by atoms with Crippen molar-refractivity contribution in [2.45, 2.75) is 19.8 Å². The number of pyridine rings is 1. The molecule has 0 aliphatic carbocycles. The van der Waals surface area contributed by atoms with Gasteiger partial charge in [-0.15, -0.1) is 0 Å². The predicted octanol–water partition coefficient (Wildman–Crippen LogP) is 1.39. The molecule has 0 bridgehead atoms. The van der Waals surface area contributed by atoms with Gasteiger partial charge in [-0.2, -0.15) is 0 Å². The highest BCUT2D eigenvalue weighted by Gasteiger charge is 2.00. The molecule has 0 unspecified atom stereocenters. The Bertz CT molecular complexity index is 328. The Kier molecular flexibility index (Phi) is 3.12. The quantitative estimate of drug-likeness (QED) is 0.763. The van der Waals surface area contributed by atoms with Gasteiger partial charge in [-0.1, -0.05) is 13.3 Å². The van der Waals surface area contributed by atoms with Crippen molar-refractivity contribution in [1.29, 1.82) is 0 Å². The summed E-state index contributed by atoms with van der Waals surface area (Å²) < 4.78 is 0. The van der Waals surface area contributed by atoms with Crippen LogP contribution in [-0.4, -0.2) is 19.1 Å². The molecule has 1 rings (SSSR count). The van der Waals surface area contributed by atoms with Gasteiger partial charge in [-0.05, 0) is 18.6 Å². The zero-order chi connectivity index (χ0) is 9.84. The van der Waals surface area contributed by atoms with Crippen LogP contribution in [0.15, 0.2) is 16.9 Å². The molecule has 3 heteroatoms. The normalized spacial score (nSPS) is 10.1. The van der Waals surface area contributed by atoms with Gasteiger partial charge in [0.2, 0.25) is 0 Å². The molecule has 0 aliphatic rings. The van der Waals surface area contributed by atoms with Crippen molar-refractivity contribution in [1.82, 2.24) is 4.98 Å². The van der Waals surface area contributed by atoms with Gasteiger partial charge in [0.05, 0.1) is 0 Å². The molecular weight excluding hydrogens is 164 g/mol. The number of aromatic amines is 1. The summed E-state index contributed by atoms with van der Waals surface area (Å²) in [6, 6.07) is 3.84. The summed E-state index contributed by atoms with van der Waals surface area (Å²) in [5.41, 5.74) is 0.904. The Morgan fingerprint density at radius 2 is 2.08 bits per heavy atom. The zero-order valence-corrected chi connectivity index (χ0v) is 8.42. The van der Waals surface area contributed by atoms with Crippen molar-refractivity contribution in [3.63, 3.8) is 0 Å². The summed E-state index contributed by atoms with van der Waals surface area (Å²) in [5, 5.41) is 0. The standard InChI is InChI=1S/C10H16N2O/c1-4-5-8-6-7-9(12(2)3)11-10(8)13/h6-7H,4-5H2,1-3H3,(H,11,13). The molecule has 0 spiro atoms. The zero-order valence-electron chi connectivity index (χ0n) is 8.42. The first kappa shape index (κ1) is 9.84. The van der Waals surface area contributed by atoms with Crippen LogP contribution in [0.4, 0.5) is 5.82 Å². The summed E-state index contributed by atoms with van der Waals surface area (Å²) in [5.74, 6) is 0.852. The first-order valence-electron chi connectivity index (χ1n) is 4.54. The van der Waals surface area contributed by atoms with Crippen LogP contribution in [0.5, 0.6) is 0 Å². The van der Waals surface area contributed by atoms with Crippen LogP contribution in [0.1, 0.15) is 18.9 Å². The minimum absolute atomic E-state index is 0.0352. The highest BCUT2D eigenvalue weighted by atomic mass is 16.1. The SMILES string of the molecule is CCCc1ccc(N(C)C)[nH]c1=O. The van der Waals surface area contributed by atoms with E-state index in [4.69, 9.17) is 0 Å². The first-order valence-corrected chi connectivity index (χ1v) is 4.54. The summed E-state index contributed by atoms with van der Waals surface area (Å²) in [7, 11) is 3.82. The number of nitrogens with zero attached hydrogens (tertiary/aromatic N) is 1. The number of hydrogen-bond donors (Lipinski definition) is 1. The van der Waals surface area contributed by atoms with Gasteiger partial charge in [0, 0.05) is 19.7 Å². The summed E-state index contributed by atoms with van der Waals surface area (Å²) in [6.45, 7) is 2.07. The summed E-state index contributed by atoms with van der Waals surface area (Å²) in [6.07, 6.45) is 1.85. The highest BCUT2D eigenvalue weighted by molar-refractivity contribution is 5.37. The number of nitrogens with one attached hydrogen (secondary N) is 1. The average molecular weight is 180 g/mol. The lowest BCUT2D eigenvalue weighted by Gasteiger charge is -2.11. The van der Waals surface area contributed by atoms with Crippen LogP contribution in [-0.2, 0) is 6.42 Å². The third-order valence-corrected chi connectivity index (χ3v) is 1.98. The lowest BCUT2D eigenvalue weighted by Crippen LogP contribution is -2.18. The van der Waals surface area contributed by atoms with Crippen molar-refractivity contribution in [3.05, 3.63) is 28.0 Å². The summed E-state index contributed by atoms with van der Waals surface area (Å²) in [4.78, 5) is 16.2. The third-order valence-electron chi connectivity index (χ3n) is 1.98. The molecule has 0 aliphatic heterocycles. The Balaban J connectivity index is 2.99. The Hall–Kier alpha value is -1.25. The minimum atomic E-state index is 0.0352. The molecule has 3 nitrogen and oxygen atoms in total. The largest absolute Gasteiger partial charge is 0.364 e. The van der Waals surface area contributed by atoms with Gasteiger partial charge in [-0.3, -0.25) is 4.79 Å². The number of aryl methyl sites for hydroxylation is 1. The second kappa shape index (κ2) is 4.12. The van der Waals surface area contributed by atoms with E-state index >= 15 is 0 Å². The topological polar surface area (TPSA) is 36.1 Å². The van der Waals surface area contributed by atoms with E-state index in [1.54, 1.807) is 0 Å². The molecule has 0 atom stereocenters. The summed E-state index contributed by atoms with van der Waals surface area (Å²) >= 11 is 0.